The monoisotopic (exact) mass is 570 g/mol. The molecule has 1 fully saturated rings. The summed E-state index contributed by atoms with van der Waals surface area (Å²) in [5.41, 5.74) is 1.27. The lowest BCUT2D eigenvalue weighted by atomic mass is 10.0. The van der Waals surface area contributed by atoms with Gasteiger partial charge in [0.25, 0.3) is 0 Å². The molecule has 0 saturated carbocycles. The number of carbonyl (C=O) groups excluding carboxylic acids is 2. The summed E-state index contributed by atoms with van der Waals surface area (Å²) in [6.07, 6.45) is -1.34. The molecule has 4 rings (SSSR count). The predicted octanol–water partition coefficient (Wildman–Crippen LogP) is 2.14. The van der Waals surface area contributed by atoms with Gasteiger partial charge in [0.2, 0.25) is 23.6 Å². The van der Waals surface area contributed by atoms with Crippen molar-refractivity contribution in [3.63, 3.8) is 0 Å². The Hall–Kier alpha value is -3.61. The van der Waals surface area contributed by atoms with Crippen molar-refractivity contribution in [1.82, 2.24) is 20.4 Å². The molecule has 2 N–H and O–H groups in total. The molecule has 3 atom stereocenters. The molecule has 1 aliphatic rings. The first-order valence-electron chi connectivity index (χ1n) is 13.2. The van der Waals surface area contributed by atoms with E-state index < -0.39 is 39.6 Å². The summed E-state index contributed by atoms with van der Waals surface area (Å²) in [5.74, 6) is -2.76. The minimum Gasteiger partial charge on any atom is -0.418 e. The number of sulfone groups is 1. The van der Waals surface area contributed by atoms with Crippen LogP contribution in [0.3, 0.4) is 0 Å². The minimum absolute atomic E-state index is 0.0800. The summed E-state index contributed by atoms with van der Waals surface area (Å²) in [6.45, 7) is 3.27. The molecule has 3 unspecified atom stereocenters. The summed E-state index contributed by atoms with van der Waals surface area (Å²) in [4.78, 5) is 28.1. The second-order valence-electron chi connectivity index (χ2n) is 9.71. The maximum atomic E-state index is 13.5. The van der Waals surface area contributed by atoms with Gasteiger partial charge in [0.15, 0.2) is 15.9 Å². The molecule has 2 amide bonds. The van der Waals surface area contributed by atoms with Gasteiger partial charge in [-0.05, 0) is 24.1 Å². The maximum Gasteiger partial charge on any atom is 0.247 e. The van der Waals surface area contributed by atoms with Gasteiger partial charge in [-0.25, -0.2) is 8.42 Å². The first kappa shape index (κ1) is 29.4. The smallest absolute Gasteiger partial charge is 0.247 e. The standard InChI is InChI=1S/C28H34N4O7S/c1-2-23(25(34)28-31-30-27(39-28)21-11-7-4-8-12-21)29-26(35)22(17-24(33)32-13-15-38-16-14-32)19-40(36,37)18-20-9-5-3-6-10-20/h3-12,22-23,25,34H,2,13-19H2,1H3,(H,29,35). The highest BCUT2D eigenvalue weighted by molar-refractivity contribution is 7.90. The van der Waals surface area contributed by atoms with Crippen molar-refractivity contribution >= 4 is 21.7 Å². The Bertz CT molecular complexity index is 1360. The van der Waals surface area contributed by atoms with Crippen molar-refractivity contribution in [2.75, 3.05) is 32.1 Å². The fraction of sp³-hybridized carbons (Fsp3) is 0.429. The molecule has 0 spiro atoms. The molecule has 1 aliphatic heterocycles. The van der Waals surface area contributed by atoms with Crippen LogP contribution in [0.4, 0.5) is 0 Å². The largest absolute Gasteiger partial charge is 0.418 e. The lowest BCUT2D eigenvalue weighted by Crippen LogP contribution is -2.47. The molecule has 0 radical (unpaired) electrons. The van der Waals surface area contributed by atoms with Crippen LogP contribution in [0, 0.1) is 5.92 Å². The van der Waals surface area contributed by atoms with Crippen molar-refractivity contribution in [3.05, 3.63) is 72.1 Å². The number of amides is 2. The van der Waals surface area contributed by atoms with E-state index in [1.807, 2.05) is 18.2 Å². The molecule has 0 aliphatic carbocycles. The highest BCUT2D eigenvalue weighted by Gasteiger charge is 2.34. The summed E-state index contributed by atoms with van der Waals surface area (Å²) in [6, 6.07) is 16.9. The first-order valence-corrected chi connectivity index (χ1v) is 15.0. The van der Waals surface area contributed by atoms with Gasteiger partial charge in [-0.3, -0.25) is 9.59 Å². The van der Waals surface area contributed by atoms with Crippen LogP contribution in [-0.4, -0.2) is 78.5 Å². The van der Waals surface area contributed by atoms with E-state index in [2.05, 4.69) is 15.5 Å². The Balaban J connectivity index is 1.49. The summed E-state index contributed by atoms with van der Waals surface area (Å²) in [7, 11) is -3.76. The maximum absolute atomic E-state index is 13.5. The lowest BCUT2D eigenvalue weighted by molar-refractivity contribution is -0.139. The zero-order valence-corrected chi connectivity index (χ0v) is 23.1. The van der Waals surface area contributed by atoms with Crippen LogP contribution in [0.15, 0.2) is 65.1 Å². The number of hydrogen-bond donors (Lipinski definition) is 2. The summed E-state index contributed by atoms with van der Waals surface area (Å²) < 4.78 is 37.2. The Morgan fingerprint density at radius 3 is 2.33 bits per heavy atom. The van der Waals surface area contributed by atoms with Crippen LogP contribution < -0.4 is 5.32 Å². The molecule has 214 valence electrons. The van der Waals surface area contributed by atoms with Gasteiger partial charge in [0.05, 0.1) is 36.7 Å². The zero-order valence-electron chi connectivity index (χ0n) is 22.3. The fourth-order valence-corrected chi connectivity index (χ4v) is 6.20. The third-order valence-corrected chi connectivity index (χ3v) is 8.39. The van der Waals surface area contributed by atoms with Crippen LogP contribution in [0.5, 0.6) is 0 Å². The molecule has 0 bridgehead atoms. The molecular formula is C28H34N4O7S. The molecule has 2 aromatic carbocycles. The Kier molecular flexibility index (Phi) is 10.0. The quantitative estimate of drug-likeness (QED) is 0.334. The SMILES string of the molecule is CCC(NC(=O)C(CC(=O)N1CCOCC1)CS(=O)(=O)Cc1ccccc1)C(O)c1nnc(-c2ccccc2)o1. The third kappa shape index (κ3) is 7.96. The van der Waals surface area contributed by atoms with Crippen molar-refractivity contribution in [2.24, 2.45) is 5.92 Å². The number of rotatable bonds is 12. The van der Waals surface area contributed by atoms with Gasteiger partial charge >= 0.3 is 0 Å². The zero-order chi connectivity index (χ0) is 28.5. The summed E-state index contributed by atoms with van der Waals surface area (Å²) >= 11 is 0. The number of aliphatic hydroxyl groups is 1. The van der Waals surface area contributed by atoms with Crippen LogP contribution in [-0.2, 0) is 29.9 Å². The fourth-order valence-electron chi connectivity index (χ4n) is 4.50. The first-order chi connectivity index (χ1) is 19.3. The molecule has 11 nitrogen and oxygen atoms in total. The van der Waals surface area contributed by atoms with E-state index in [0.717, 1.165) is 0 Å². The Morgan fingerprint density at radius 2 is 1.68 bits per heavy atom. The number of morpholine rings is 1. The number of nitrogens with one attached hydrogen (secondary N) is 1. The van der Waals surface area contributed by atoms with Gasteiger partial charge in [-0.1, -0.05) is 55.5 Å². The molecule has 1 aromatic heterocycles. The van der Waals surface area contributed by atoms with E-state index in [1.165, 1.54) is 0 Å². The van der Waals surface area contributed by atoms with E-state index >= 15 is 0 Å². The molecule has 2 heterocycles. The van der Waals surface area contributed by atoms with E-state index in [1.54, 1.807) is 54.3 Å². The summed E-state index contributed by atoms with van der Waals surface area (Å²) in [5, 5.41) is 21.6. The number of aromatic nitrogens is 2. The number of nitrogens with zero attached hydrogens (tertiary/aromatic N) is 3. The van der Waals surface area contributed by atoms with Crippen molar-refractivity contribution in [2.45, 2.75) is 37.7 Å². The average molecular weight is 571 g/mol. The molecular weight excluding hydrogens is 536 g/mol. The highest BCUT2D eigenvalue weighted by Crippen LogP contribution is 2.24. The minimum atomic E-state index is -3.76. The van der Waals surface area contributed by atoms with Gasteiger partial charge in [-0.2, -0.15) is 0 Å². The molecule has 1 saturated heterocycles. The van der Waals surface area contributed by atoms with E-state index in [0.29, 0.717) is 37.4 Å². The second kappa shape index (κ2) is 13.6. The lowest BCUT2D eigenvalue weighted by Gasteiger charge is -2.29. The Morgan fingerprint density at radius 1 is 1.02 bits per heavy atom. The van der Waals surface area contributed by atoms with Crippen molar-refractivity contribution < 1.29 is 32.3 Å². The van der Waals surface area contributed by atoms with Crippen LogP contribution in [0.1, 0.15) is 37.3 Å². The van der Waals surface area contributed by atoms with E-state index in [4.69, 9.17) is 9.15 Å². The van der Waals surface area contributed by atoms with E-state index in [-0.39, 0.29) is 36.3 Å². The second-order valence-corrected chi connectivity index (χ2v) is 11.8. The number of hydrogen-bond acceptors (Lipinski definition) is 9. The van der Waals surface area contributed by atoms with E-state index in [9.17, 15) is 23.1 Å². The normalized spacial score (nSPS) is 16.2. The van der Waals surface area contributed by atoms with Crippen LogP contribution in [0.2, 0.25) is 0 Å². The van der Waals surface area contributed by atoms with Crippen molar-refractivity contribution in [3.8, 4) is 11.5 Å². The molecule has 12 heteroatoms. The highest BCUT2D eigenvalue weighted by atomic mass is 32.2. The number of benzene rings is 2. The number of ether oxygens (including phenoxy) is 1. The van der Waals surface area contributed by atoms with Crippen LogP contribution in [0.25, 0.3) is 11.5 Å². The average Bonchev–Trinajstić information content (AvgIpc) is 3.47. The molecule has 40 heavy (non-hydrogen) atoms. The van der Waals surface area contributed by atoms with Gasteiger partial charge in [0.1, 0.15) is 0 Å². The number of carbonyl (C=O) groups is 2. The number of aliphatic hydroxyl groups excluding tert-OH is 1. The topological polar surface area (TPSA) is 152 Å². The third-order valence-electron chi connectivity index (χ3n) is 6.70. The Labute approximate surface area is 233 Å². The van der Waals surface area contributed by atoms with Gasteiger partial charge < -0.3 is 24.5 Å². The van der Waals surface area contributed by atoms with Gasteiger partial charge in [0, 0.05) is 25.1 Å². The molecule has 3 aromatic rings. The van der Waals surface area contributed by atoms with Crippen LogP contribution >= 0.6 is 0 Å². The predicted molar refractivity (Wildman–Crippen MR) is 146 cm³/mol. The van der Waals surface area contributed by atoms with Gasteiger partial charge in [-0.15, -0.1) is 10.2 Å². The van der Waals surface area contributed by atoms with Crippen molar-refractivity contribution in [1.29, 1.82) is 0 Å².